The Morgan fingerprint density at radius 3 is 2.50 bits per heavy atom. The standard InChI is InChI=1S/C30H35Cl2FN6O/c31-23-1-2-24(33)27(32)26(23)29-37-28-25(40-29)15-19(16-35-28)20-17-36-39(18-20)22-5-13-38(14-6-22)21-3-7-30(8-4-21)9-11-34-12-10-30/h1-2,15-18,21-22,29,34H,3-14H2,(H,35,37)/t29-/m0/s1. The number of benzene rings is 1. The van der Waals surface area contributed by atoms with Crippen molar-refractivity contribution in [1.29, 1.82) is 0 Å². The summed E-state index contributed by atoms with van der Waals surface area (Å²) in [4.78, 5) is 7.29. The van der Waals surface area contributed by atoms with Gasteiger partial charge in [0.2, 0.25) is 6.23 Å². The number of anilines is 1. The third-order valence-electron chi connectivity index (χ3n) is 9.71. The molecule has 1 spiro atoms. The highest BCUT2D eigenvalue weighted by molar-refractivity contribution is 6.36. The van der Waals surface area contributed by atoms with Gasteiger partial charge in [0.05, 0.1) is 27.8 Å². The van der Waals surface area contributed by atoms with E-state index >= 15 is 0 Å². The number of hydrogen-bond acceptors (Lipinski definition) is 6. The van der Waals surface area contributed by atoms with E-state index < -0.39 is 12.0 Å². The van der Waals surface area contributed by atoms with Crippen LogP contribution in [0.1, 0.15) is 69.2 Å². The zero-order chi connectivity index (χ0) is 27.3. The van der Waals surface area contributed by atoms with Crippen molar-refractivity contribution in [3.05, 3.63) is 58.2 Å². The van der Waals surface area contributed by atoms with Gasteiger partial charge >= 0.3 is 0 Å². The smallest absolute Gasteiger partial charge is 0.200 e. The van der Waals surface area contributed by atoms with E-state index in [-0.39, 0.29) is 5.02 Å². The van der Waals surface area contributed by atoms with Gasteiger partial charge in [0, 0.05) is 42.7 Å². The van der Waals surface area contributed by atoms with Crippen LogP contribution in [0.5, 0.6) is 5.75 Å². The third kappa shape index (κ3) is 4.97. The van der Waals surface area contributed by atoms with Crippen molar-refractivity contribution < 1.29 is 9.13 Å². The van der Waals surface area contributed by atoms with Crippen LogP contribution >= 0.6 is 23.2 Å². The highest BCUT2D eigenvalue weighted by Gasteiger charge is 2.38. The minimum Gasteiger partial charge on any atom is -0.462 e. The van der Waals surface area contributed by atoms with E-state index in [0.29, 0.717) is 33.6 Å². The van der Waals surface area contributed by atoms with Gasteiger partial charge in [-0.1, -0.05) is 23.2 Å². The molecule has 5 heterocycles. The number of piperidine rings is 2. The fraction of sp³-hybridized carbons (Fsp3) is 0.533. The van der Waals surface area contributed by atoms with Gasteiger partial charge < -0.3 is 20.3 Å². The Hall–Kier alpha value is -2.39. The maximum Gasteiger partial charge on any atom is 0.200 e. The number of nitrogens with zero attached hydrogens (tertiary/aromatic N) is 4. The Balaban J connectivity index is 0.974. The van der Waals surface area contributed by atoms with Gasteiger partial charge in [0.15, 0.2) is 11.6 Å². The maximum atomic E-state index is 14.1. The SMILES string of the molecule is Fc1ccc(Cl)c([C@H]2Nc3ncc(-c4cnn(C5CCN(C6CCC7(CCNCC7)CC6)CC5)c4)cc3O2)c1Cl. The molecule has 1 aromatic carbocycles. The summed E-state index contributed by atoms with van der Waals surface area (Å²) in [5.74, 6) is 0.594. The molecular weight excluding hydrogens is 550 g/mol. The number of nitrogens with one attached hydrogen (secondary N) is 2. The molecule has 0 bridgehead atoms. The number of pyridine rings is 1. The molecule has 1 atom stereocenters. The molecule has 1 aliphatic carbocycles. The summed E-state index contributed by atoms with van der Waals surface area (Å²) in [7, 11) is 0. The average Bonchev–Trinajstić information content (AvgIpc) is 3.64. The summed E-state index contributed by atoms with van der Waals surface area (Å²) < 4.78 is 22.2. The van der Waals surface area contributed by atoms with Crippen molar-refractivity contribution in [2.24, 2.45) is 5.41 Å². The van der Waals surface area contributed by atoms with E-state index in [0.717, 1.165) is 43.1 Å². The van der Waals surface area contributed by atoms with E-state index in [1.54, 1.807) is 6.20 Å². The molecule has 0 radical (unpaired) electrons. The van der Waals surface area contributed by atoms with Crippen LogP contribution in [0.4, 0.5) is 10.2 Å². The number of fused-ring (bicyclic) bond motifs is 1. The van der Waals surface area contributed by atoms with Crippen LogP contribution in [0, 0.1) is 11.2 Å². The Morgan fingerprint density at radius 1 is 0.950 bits per heavy atom. The van der Waals surface area contributed by atoms with Crippen molar-refractivity contribution in [2.75, 3.05) is 31.5 Å². The average molecular weight is 586 g/mol. The Kier molecular flexibility index (Phi) is 7.15. The van der Waals surface area contributed by atoms with Crippen LogP contribution < -0.4 is 15.4 Å². The van der Waals surface area contributed by atoms with Crippen LogP contribution in [-0.2, 0) is 0 Å². The second-order valence-corrected chi connectivity index (χ2v) is 12.7. The summed E-state index contributed by atoms with van der Waals surface area (Å²) in [6.07, 6.45) is 15.6. The third-order valence-corrected chi connectivity index (χ3v) is 10.4. The number of hydrogen-bond donors (Lipinski definition) is 2. The lowest BCUT2D eigenvalue weighted by Gasteiger charge is -2.47. The molecule has 3 fully saturated rings. The predicted molar refractivity (Wildman–Crippen MR) is 156 cm³/mol. The van der Waals surface area contributed by atoms with E-state index in [9.17, 15) is 4.39 Å². The summed E-state index contributed by atoms with van der Waals surface area (Å²) in [5, 5.41) is 11.7. The second-order valence-electron chi connectivity index (χ2n) is 11.9. The minimum atomic E-state index is -0.712. The minimum absolute atomic E-state index is 0.0560. The molecule has 4 aliphatic rings. The maximum absolute atomic E-state index is 14.1. The molecule has 40 heavy (non-hydrogen) atoms. The predicted octanol–water partition coefficient (Wildman–Crippen LogP) is 6.84. The number of ether oxygens (including phenoxy) is 1. The molecule has 0 amide bonds. The highest BCUT2D eigenvalue weighted by Crippen LogP contribution is 2.45. The molecular formula is C30H35Cl2FN6O. The van der Waals surface area contributed by atoms with Crippen LogP contribution in [0.3, 0.4) is 0 Å². The largest absolute Gasteiger partial charge is 0.462 e. The lowest BCUT2D eigenvalue weighted by molar-refractivity contribution is 0.0476. The summed E-state index contributed by atoms with van der Waals surface area (Å²) >= 11 is 12.5. The molecule has 3 aromatic rings. The first-order valence-electron chi connectivity index (χ1n) is 14.5. The zero-order valence-electron chi connectivity index (χ0n) is 22.5. The molecule has 1 saturated carbocycles. The zero-order valence-corrected chi connectivity index (χ0v) is 24.0. The topological polar surface area (TPSA) is 67.2 Å². The van der Waals surface area contributed by atoms with Crippen molar-refractivity contribution in [3.8, 4) is 16.9 Å². The molecule has 3 aliphatic heterocycles. The van der Waals surface area contributed by atoms with Crippen molar-refractivity contribution >= 4 is 29.0 Å². The summed E-state index contributed by atoms with van der Waals surface area (Å²) in [6, 6.07) is 5.81. The quantitative estimate of drug-likeness (QED) is 0.327. The Bertz CT molecular complexity index is 1370. The number of likely N-dealkylation sites (tertiary alicyclic amines) is 1. The Morgan fingerprint density at radius 2 is 1.73 bits per heavy atom. The fourth-order valence-electron chi connectivity index (χ4n) is 7.23. The first-order chi connectivity index (χ1) is 19.5. The van der Waals surface area contributed by atoms with Gasteiger partial charge in [0.1, 0.15) is 5.82 Å². The fourth-order valence-corrected chi connectivity index (χ4v) is 7.80. The van der Waals surface area contributed by atoms with Crippen molar-refractivity contribution in [1.82, 2.24) is 25.0 Å². The van der Waals surface area contributed by atoms with Crippen LogP contribution in [0.15, 0.2) is 36.8 Å². The molecule has 2 aromatic heterocycles. The molecule has 7 rings (SSSR count). The number of rotatable bonds is 4. The molecule has 2 saturated heterocycles. The first-order valence-corrected chi connectivity index (χ1v) is 15.3. The summed E-state index contributed by atoms with van der Waals surface area (Å²) in [6.45, 7) is 4.69. The first kappa shape index (κ1) is 26.5. The van der Waals surface area contributed by atoms with Crippen LogP contribution in [0.2, 0.25) is 10.0 Å². The van der Waals surface area contributed by atoms with E-state index in [1.165, 1.54) is 63.7 Å². The molecule has 212 valence electrons. The van der Waals surface area contributed by atoms with Crippen LogP contribution in [0.25, 0.3) is 11.1 Å². The lowest BCUT2D eigenvalue weighted by Crippen LogP contribution is -2.47. The molecule has 7 nitrogen and oxygen atoms in total. The molecule has 2 N–H and O–H groups in total. The van der Waals surface area contributed by atoms with Crippen LogP contribution in [-0.4, -0.2) is 51.9 Å². The van der Waals surface area contributed by atoms with Gasteiger partial charge in [-0.05, 0) is 88.1 Å². The van der Waals surface area contributed by atoms with E-state index in [1.807, 2.05) is 12.3 Å². The van der Waals surface area contributed by atoms with Crippen molar-refractivity contribution in [3.63, 3.8) is 0 Å². The number of halogens is 3. The van der Waals surface area contributed by atoms with E-state index in [2.05, 4.69) is 31.4 Å². The van der Waals surface area contributed by atoms with Crippen molar-refractivity contribution in [2.45, 2.75) is 69.7 Å². The molecule has 0 unspecified atom stereocenters. The van der Waals surface area contributed by atoms with Gasteiger partial charge in [-0.2, -0.15) is 5.10 Å². The number of aromatic nitrogens is 3. The summed E-state index contributed by atoms with van der Waals surface area (Å²) in [5.41, 5.74) is 2.89. The second kappa shape index (κ2) is 10.8. The van der Waals surface area contributed by atoms with Gasteiger partial charge in [-0.25, -0.2) is 9.37 Å². The lowest BCUT2D eigenvalue weighted by atomic mass is 9.67. The molecule has 10 heteroatoms. The van der Waals surface area contributed by atoms with Gasteiger partial charge in [-0.15, -0.1) is 0 Å². The van der Waals surface area contributed by atoms with Gasteiger partial charge in [0.25, 0.3) is 0 Å². The van der Waals surface area contributed by atoms with Gasteiger partial charge in [-0.3, -0.25) is 4.68 Å². The Labute approximate surface area is 244 Å². The van der Waals surface area contributed by atoms with E-state index in [4.69, 9.17) is 33.0 Å². The highest BCUT2D eigenvalue weighted by atomic mass is 35.5. The normalized spacial score (nSPS) is 23.6. The monoisotopic (exact) mass is 584 g/mol.